The van der Waals surface area contributed by atoms with Gasteiger partial charge in [0, 0.05) is 19.7 Å². The molecule has 0 radical (unpaired) electrons. The zero-order valence-corrected chi connectivity index (χ0v) is 13.4. The Labute approximate surface area is 130 Å². The number of aryl methyl sites for hydroxylation is 1. The molecule has 2 rings (SSSR count). The first-order valence-electron chi connectivity index (χ1n) is 7.68. The molecular formula is C15H25N3O4. The fourth-order valence-electron chi connectivity index (χ4n) is 2.72. The van der Waals surface area contributed by atoms with E-state index in [1.807, 2.05) is 6.92 Å². The highest BCUT2D eigenvalue weighted by Crippen LogP contribution is 2.21. The number of hydrogen-bond acceptors (Lipinski definition) is 5. The minimum absolute atomic E-state index is 0.0479. The fourth-order valence-corrected chi connectivity index (χ4v) is 2.72. The van der Waals surface area contributed by atoms with Crippen LogP contribution in [0.3, 0.4) is 0 Å². The van der Waals surface area contributed by atoms with Crippen molar-refractivity contribution >= 4 is 5.91 Å². The number of aliphatic hydroxyl groups is 2. The smallest absolute Gasteiger partial charge is 0.254 e. The van der Waals surface area contributed by atoms with Gasteiger partial charge < -0.3 is 19.8 Å². The summed E-state index contributed by atoms with van der Waals surface area (Å²) in [5.41, 5.74) is 0.453. The molecule has 1 atom stereocenters. The molecule has 2 N–H and O–H groups in total. The largest absolute Gasteiger partial charge is 0.393 e. The van der Waals surface area contributed by atoms with Crippen molar-refractivity contribution in [2.75, 3.05) is 19.8 Å². The lowest BCUT2D eigenvalue weighted by Gasteiger charge is -2.30. The van der Waals surface area contributed by atoms with Gasteiger partial charge in [0.1, 0.15) is 11.7 Å². The highest BCUT2D eigenvalue weighted by Gasteiger charge is 2.34. The summed E-state index contributed by atoms with van der Waals surface area (Å²) >= 11 is 0. The Morgan fingerprint density at radius 3 is 2.86 bits per heavy atom. The number of aromatic nitrogens is 2. The summed E-state index contributed by atoms with van der Waals surface area (Å²) in [5, 5.41) is 23.0. The van der Waals surface area contributed by atoms with Crippen LogP contribution in [0.25, 0.3) is 0 Å². The first kappa shape index (κ1) is 16.9. The van der Waals surface area contributed by atoms with Crippen LogP contribution in [-0.2, 0) is 22.6 Å². The molecule has 2 heterocycles. The summed E-state index contributed by atoms with van der Waals surface area (Å²) in [5.74, 6) is -0.0479. The highest BCUT2D eigenvalue weighted by molar-refractivity contribution is 5.84. The zero-order chi connectivity index (χ0) is 16.3. The Morgan fingerprint density at radius 1 is 1.50 bits per heavy atom. The van der Waals surface area contributed by atoms with Gasteiger partial charge >= 0.3 is 0 Å². The van der Waals surface area contributed by atoms with Crippen LogP contribution in [-0.4, -0.2) is 56.2 Å². The van der Waals surface area contributed by atoms with E-state index in [-0.39, 0.29) is 12.5 Å². The quantitative estimate of drug-likeness (QED) is 0.824. The molecular weight excluding hydrogens is 286 g/mol. The van der Waals surface area contributed by atoms with E-state index in [1.54, 1.807) is 29.5 Å². The van der Waals surface area contributed by atoms with Gasteiger partial charge in [0.15, 0.2) is 0 Å². The van der Waals surface area contributed by atoms with Gasteiger partial charge in [-0.2, -0.15) is 5.10 Å². The van der Waals surface area contributed by atoms with Gasteiger partial charge in [-0.1, -0.05) is 0 Å². The van der Waals surface area contributed by atoms with Gasteiger partial charge in [0.05, 0.1) is 24.5 Å². The van der Waals surface area contributed by atoms with E-state index in [0.29, 0.717) is 31.9 Å². The fraction of sp³-hybridized carbons (Fsp3) is 0.733. The van der Waals surface area contributed by atoms with Crippen LogP contribution in [0, 0.1) is 0 Å². The molecule has 0 saturated carbocycles. The monoisotopic (exact) mass is 311 g/mol. The van der Waals surface area contributed by atoms with E-state index in [1.165, 1.54) is 0 Å². The normalized spacial score (nSPS) is 17.0. The molecule has 7 nitrogen and oxygen atoms in total. The molecule has 1 amide bonds. The Morgan fingerprint density at radius 2 is 2.23 bits per heavy atom. The SMILES string of the molecule is CCOC(C)(C)C(=O)N1CCCn2nc([C@H](O)CO)cc2C1. The summed E-state index contributed by atoms with van der Waals surface area (Å²) in [6.45, 7) is 7.32. The second-order valence-electron chi connectivity index (χ2n) is 6.01. The first-order chi connectivity index (χ1) is 10.4. The topological polar surface area (TPSA) is 87.8 Å². The van der Waals surface area contributed by atoms with E-state index in [0.717, 1.165) is 12.1 Å². The number of amides is 1. The molecule has 0 saturated heterocycles. The standard InChI is InChI=1S/C15H25N3O4/c1-4-22-15(2,3)14(21)17-6-5-7-18-11(9-17)8-12(16-18)13(20)10-19/h8,13,19-20H,4-7,9-10H2,1-3H3/t13-/m1/s1. The predicted octanol–water partition coefficient (Wildman–Crippen LogP) is 0.456. The third-order valence-corrected chi connectivity index (χ3v) is 3.85. The molecule has 1 aromatic rings. The van der Waals surface area contributed by atoms with Crippen LogP contribution >= 0.6 is 0 Å². The molecule has 1 aliphatic heterocycles. The summed E-state index contributed by atoms with van der Waals surface area (Å²) in [4.78, 5) is 14.4. The second-order valence-corrected chi connectivity index (χ2v) is 6.01. The van der Waals surface area contributed by atoms with E-state index in [2.05, 4.69) is 5.10 Å². The van der Waals surface area contributed by atoms with E-state index in [9.17, 15) is 9.90 Å². The molecule has 0 aromatic carbocycles. The molecule has 0 fully saturated rings. The maximum atomic E-state index is 12.7. The molecule has 124 valence electrons. The third kappa shape index (κ3) is 3.48. The van der Waals surface area contributed by atoms with Crippen molar-refractivity contribution in [2.45, 2.75) is 52.0 Å². The van der Waals surface area contributed by atoms with Crippen molar-refractivity contribution < 1.29 is 19.7 Å². The summed E-state index contributed by atoms with van der Waals surface area (Å²) in [6, 6.07) is 1.75. The van der Waals surface area contributed by atoms with E-state index < -0.39 is 11.7 Å². The van der Waals surface area contributed by atoms with E-state index in [4.69, 9.17) is 9.84 Å². The van der Waals surface area contributed by atoms with Crippen LogP contribution in [0.4, 0.5) is 0 Å². The number of carbonyl (C=O) groups is 1. The summed E-state index contributed by atoms with van der Waals surface area (Å²) in [7, 11) is 0. The molecule has 1 aromatic heterocycles. The van der Waals surface area contributed by atoms with Crippen LogP contribution in [0.15, 0.2) is 6.07 Å². The number of fused-ring (bicyclic) bond motifs is 1. The summed E-state index contributed by atoms with van der Waals surface area (Å²) in [6.07, 6.45) is -0.194. The van der Waals surface area contributed by atoms with Crippen molar-refractivity contribution in [3.63, 3.8) is 0 Å². The van der Waals surface area contributed by atoms with Crippen molar-refractivity contribution in [1.82, 2.24) is 14.7 Å². The second kappa shape index (κ2) is 6.76. The number of carbonyl (C=O) groups excluding carboxylic acids is 1. The Kier molecular flexibility index (Phi) is 5.20. The lowest BCUT2D eigenvalue weighted by atomic mass is 10.1. The lowest BCUT2D eigenvalue weighted by molar-refractivity contribution is -0.154. The number of ether oxygens (including phenoxy) is 1. The van der Waals surface area contributed by atoms with Crippen LogP contribution in [0.2, 0.25) is 0 Å². The molecule has 0 aliphatic carbocycles. The van der Waals surface area contributed by atoms with Crippen LogP contribution < -0.4 is 0 Å². The van der Waals surface area contributed by atoms with Gasteiger partial charge in [-0.3, -0.25) is 9.48 Å². The minimum Gasteiger partial charge on any atom is -0.393 e. The van der Waals surface area contributed by atoms with Crippen molar-refractivity contribution in [3.8, 4) is 0 Å². The first-order valence-corrected chi connectivity index (χ1v) is 7.68. The average Bonchev–Trinajstić information content (AvgIpc) is 2.77. The Bertz CT molecular complexity index is 527. The van der Waals surface area contributed by atoms with Gasteiger partial charge in [0.2, 0.25) is 0 Å². The number of hydrogen-bond donors (Lipinski definition) is 2. The van der Waals surface area contributed by atoms with Crippen molar-refractivity contribution in [2.24, 2.45) is 0 Å². The zero-order valence-electron chi connectivity index (χ0n) is 13.4. The third-order valence-electron chi connectivity index (χ3n) is 3.85. The maximum absolute atomic E-state index is 12.7. The van der Waals surface area contributed by atoms with Crippen molar-refractivity contribution in [3.05, 3.63) is 17.5 Å². The molecule has 0 unspecified atom stereocenters. The predicted molar refractivity (Wildman–Crippen MR) is 80.0 cm³/mol. The maximum Gasteiger partial charge on any atom is 0.254 e. The minimum atomic E-state index is -0.983. The molecule has 22 heavy (non-hydrogen) atoms. The number of rotatable bonds is 5. The molecule has 7 heteroatoms. The number of aliphatic hydroxyl groups excluding tert-OH is 2. The van der Waals surface area contributed by atoms with Crippen LogP contribution in [0.1, 0.15) is 44.7 Å². The molecule has 0 bridgehead atoms. The van der Waals surface area contributed by atoms with E-state index >= 15 is 0 Å². The van der Waals surface area contributed by atoms with Crippen molar-refractivity contribution in [1.29, 1.82) is 0 Å². The van der Waals surface area contributed by atoms with Gasteiger partial charge in [-0.15, -0.1) is 0 Å². The average molecular weight is 311 g/mol. The summed E-state index contributed by atoms with van der Waals surface area (Å²) < 4.78 is 7.35. The van der Waals surface area contributed by atoms with Gasteiger partial charge in [-0.25, -0.2) is 0 Å². The number of nitrogens with zero attached hydrogens (tertiary/aromatic N) is 3. The Balaban J connectivity index is 2.18. The molecule has 1 aliphatic rings. The van der Waals surface area contributed by atoms with Crippen LogP contribution in [0.5, 0.6) is 0 Å². The van der Waals surface area contributed by atoms with Gasteiger partial charge in [-0.05, 0) is 33.3 Å². The van der Waals surface area contributed by atoms with Gasteiger partial charge in [0.25, 0.3) is 5.91 Å². The lowest BCUT2D eigenvalue weighted by Crippen LogP contribution is -2.46. The Hall–Kier alpha value is -1.44. The highest BCUT2D eigenvalue weighted by atomic mass is 16.5. The molecule has 0 spiro atoms.